The van der Waals surface area contributed by atoms with Gasteiger partial charge in [-0.15, -0.1) is 10.2 Å². The molecule has 1 atom stereocenters. The van der Waals surface area contributed by atoms with Gasteiger partial charge in [-0.1, -0.05) is 30.3 Å². The molecule has 1 heterocycles. The van der Waals surface area contributed by atoms with Crippen LogP contribution in [0.15, 0.2) is 53.7 Å². The lowest BCUT2D eigenvalue weighted by Crippen LogP contribution is -2.25. The van der Waals surface area contributed by atoms with Gasteiger partial charge in [-0.2, -0.15) is 0 Å². The van der Waals surface area contributed by atoms with E-state index >= 15 is 0 Å². The summed E-state index contributed by atoms with van der Waals surface area (Å²) in [6.45, 7) is 1.92. The van der Waals surface area contributed by atoms with Crippen molar-refractivity contribution in [3.63, 3.8) is 0 Å². The third-order valence-corrected chi connectivity index (χ3v) is 5.84. The fourth-order valence-electron chi connectivity index (χ4n) is 2.61. The monoisotopic (exact) mass is 431 g/mol. The van der Waals surface area contributed by atoms with Crippen molar-refractivity contribution >= 4 is 40.6 Å². The molecule has 3 aromatic rings. The number of rotatable bonds is 7. The van der Waals surface area contributed by atoms with Crippen LogP contribution in [0.5, 0.6) is 0 Å². The molecule has 0 aliphatic rings. The van der Waals surface area contributed by atoms with Crippen LogP contribution in [0.25, 0.3) is 11.4 Å². The first kappa shape index (κ1) is 20.8. The van der Waals surface area contributed by atoms with Gasteiger partial charge in [-0.05, 0) is 42.8 Å². The molecule has 3 rings (SSSR count). The molecule has 0 saturated carbocycles. The summed E-state index contributed by atoms with van der Waals surface area (Å²) in [5.74, 6) is 0.426. The molecule has 1 N–H and O–H groups in total. The van der Waals surface area contributed by atoms with E-state index in [-0.39, 0.29) is 16.8 Å². The van der Waals surface area contributed by atoms with Gasteiger partial charge in [-0.3, -0.25) is 14.9 Å². The van der Waals surface area contributed by atoms with Crippen LogP contribution in [-0.2, 0) is 11.8 Å². The Morgan fingerprint density at radius 2 is 1.86 bits per heavy atom. The lowest BCUT2D eigenvalue weighted by atomic mass is 10.2. The first-order valence-corrected chi connectivity index (χ1v) is 10.0. The molecule has 0 saturated heterocycles. The standard InChI is InChI=1S/C19H18ClN5O3S/c1-3-16(18(26)21-14-8-6-13(20)7-9-14)29-19-23-22-17(24(19)2)12-4-10-15(11-5-12)25(27)28/h4-11,16H,3H2,1-2H3,(H,21,26)/t16-/m1/s1. The second-order valence-electron chi connectivity index (χ2n) is 6.18. The van der Waals surface area contributed by atoms with Gasteiger partial charge in [0.25, 0.3) is 5.69 Å². The number of carbonyl (C=O) groups excluding carboxylic acids is 1. The molecule has 1 amide bonds. The zero-order valence-electron chi connectivity index (χ0n) is 15.7. The number of hydrogen-bond donors (Lipinski definition) is 1. The molecule has 150 valence electrons. The van der Waals surface area contributed by atoms with E-state index in [1.165, 1.54) is 23.9 Å². The van der Waals surface area contributed by atoms with E-state index in [1.807, 2.05) is 6.92 Å². The van der Waals surface area contributed by atoms with Crippen molar-refractivity contribution in [2.75, 3.05) is 5.32 Å². The molecule has 8 nitrogen and oxygen atoms in total. The fourth-order valence-corrected chi connectivity index (χ4v) is 3.65. The maximum atomic E-state index is 12.6. The number of thioether (sulfide) groups is 1. The van der Waals surface area contributed by atoms with E-state index in [0.717, 1.165) is 0 Å². The summed E-state index contributed by atoms with van der Waals surface area (Å²) in [5.41, 5.74) is 1.38. The van der Waals surface area contributed by atoms with E-state index in [0.29, 0.717) is 33.7 Å². The van der Waals surface area contributed by atoms with Crippen LogP contribution in [0.3, 0.4) is 0 Å². The molecule has 0 fully saturated rings. The third kappa shape index (κ3) is 4.93. The Morgan fingerprint density at radius 3 is 2.45 bits per heavy atom. The number of nitro benzene ring substituents is 1. The minimum atomic E-state index is -0.452. The number of halogens is 1. The van der Waals surface area contributed by atoms with Gasteiger partial charge in [0.1, 0.15) is 0 Å². The number of aromatic nitrogens is 3. The number of non-ortho nitro benzene ring substituents is 1. The van der Waals surface area contributed by atoms with Crippen LogP contribution < -0.4 is 5.32 Å². The minimum absolute atomic E-state index is 0.00966. The molecular weight excluding hydrogens is 414 g/mol. The molecule has 1 aromatic heterocycles. The third-order valence-electron chi connectivity index (χ3n) is 4.19. The van der Waals surface area contributed by atoms with Crippen LogP contribution in [0.2, 0.25) is 5.02 Å². The first-order chi connectivity index (χ1) is 13.9. The summed E-state index contributed by atoms with van der Waals surface area (Å²) in [4.78, 5) is 23.0. The van der Waals surface area contributed by atoms with Crippen molar-refractivity contribution in [1.29, 1.82) is 0 Å². The highest BCUT2D eigenvalue weighted by molar-refractivity contribution is 8.00. The second-order valence-corrected chi connectivity index (χ2v) is 7.79. The van der Waals surface area contributed by atoms with Crippen LogP contribution in [0.4, 0.5) is 11.4 Å². The minimum Gasteiger partial charge on any atom is -0.325 e. The quantitative estimate of drug-likeness (QED) is 0.334. The van der Waals surface area contributed by atoms with Crippen molar-refractivity contribution in [2.24, 2.45) is 7.05 Å². The number of benzene rings is 2. The molecule has 2 aromatic carbocycles. The smallest absolute Gasteiger partial charge is 0.269 e. The van der Waals surface area contributed by atoms with Gasteiger partial charge in [0.15, 0.2) is 11.0 Å². The number of nitrogens with one attached hydrogen (secondary N) is 1. The number of amides is 1. The molecular formula is C19H18ClN5O3S. The molecule has 0 unspecified atom stereocenters. The Morgan fingerprint density at radius 1 is 1.21 bits per heavy atom. The summed E-state index contributed by atoms with van der Waals surface area (Å²) < 4.78 is 1.77. The highest BCUT2D eigenvalue weighted by Gasteiger charge is 2.22. The van der Waals surface area contributed by atoms with E-state index in [1.54, 1.807) is 48.0 Å². The largest absolute Gasteiger partial charge is 0.325 e. The van der Waals surface area contributed by atoms with Crippen molar-refractivity contribution in [1.82, 2.24) is 14.8 Å². The summed E-state index contributed by atoms with van der Waals surface area (Å²) in [7, 11) is 1.79. The van der Waals surface area contributed by atoms with Gasteiger partial charge >= 0.3 is 0 Å². The Hall–Kier alpha value is -2.91. The molecule has 0 bridgehead atoms. The maximum absolute atomic E-state index is 12.6. The lowest BCUT2D eigenvalue weighted by molar-refractivity contribution is -0.384. The molecule has 0 radical (unpaired) electrons. The summed E-state index contributed by atoms with van der Waals surface area (Å²) in [6.07, 6.45) is 0.601. The van der Waals surface area contributed by atoms with Gasteiger partial charge < -0.3 is 9.88 Å². The zero-order chi connectivity index (χ0) is 21.0. The Kier molecular flexibility index (Phi) is 6.50. The summed E-state index contributed by atoms with van der Waals surface area (Å²) in [6, 6.07) is 13.0. The van der Waals surface area contributed by atoms with Crippen molar-refractivity contribution in [2.45, 2.75) is 23.8 Å². The fraction of sp³-hybridized carbons (Fsp3) is 0.211. The molecule has 0 aliphatic heterocycles. The molecule has 29 heavy (non-hydrogen) atoms. The number of nitrogens with zero attached hydrogens (tertiary/aromatic N) is 4. The first-order valence-electron chi connectivity index (χ1n) is 8.76. The van der Waals surface area contributed by atoms with Crippen LogP contribution in [0, 0.1) is 10.1 Å². The predicted molar refractivity (Wildman–Crippen MR) is 113 cm³/mol. The van der Waals surface area contributed by atoms with Crippen molar-refractivity contribution in [3.05, 3.63) is 63.7 Å². The van der Waals surface area contributed by atoms with Crippen LogP contribution in [0.1, 0.15) is 13.3 Å². The number of anilines is 1. The highest BCUT2D eigenvalue weighted by atomic mass is 35.5. The Bertz CT molecular complexity index is 1020. The SMILES string of the molecule is CC[C@@H](Sc1nnc(-c2ccc([N+](=O)[O-])cc2)n1C)C(=O)Nc1ccc(Cl)cc1. The average molecular weight is 432 g/mol. The second kappa shape index (κ2) is 9.06. The van der Waals surface area contributed by atoms with E-state index in [4.69, 9.17) is 11.6 Å². The van der Waals surface area contributed by atoms with Crippen molar-refractivity contribution in [3.8, 4) is 11.4 Å². The molecule has 0 aliphatic carbocycles. The number of nitro groups is 1. The van der Waals surface area contributed by atoms with E-state index in [9.17, 15) is 14.9 Å². The van der Waals surface area contributed by atoms with Crippen LogP contribution >= 0.6 is 23.4 Å². The zero-order valence-corrected chi connectivity index (χ0v) is 17.3. The lowest BCUT2D eigenvalue weighted by Gasteiger charge is -2.14. The highest BCUT2D eigenvalue weighted by Crippen LogP contribution is 2.28. The van der Waals surface area contributed by atoms with Crippen LogP contribution in [-0.4, -0.2) is 30.8 Å². The maximum Gasteiger partial charge on any atom is 0.269 e. The van der Waals surface area contributed by atoms with Crippen molar-refractivity contribution < 1.29 is 9.72 Å². The Labute approximate surface area is 176 Å². The van der Waals surface area contributed by atoms with Gasteiger partial charge in [0, 0.05) is 35.5 Å². The number of carbonyl (C=O) groups is 1. The topological polar surface area (TPSA) is 103 Å². The summed E-state index contributed by atoms with van der Waals surface area (Å²) >= 11 is 7.18. The number of hydrogen-bond acceptors (Lipinski definition) is 6. The Balaban J connectivity index is 1.74. The molecule has 0 spiro atoms. The average Bonchev–Trinajstić information content (AvgIpc) is 3.08. The van der Waals surface area contributed by atoms with E-state index in [2.05, 4.69) is 15.5 Å². The van der Waals surface area contributed by atoms with Gasteiger partial charge in [-0.25, -0.2) is 0 Å². The normalized spacial score (nSPS) is 11.8. The van der Waals surface area contributed by atoms with Gasteiger partial charge in [0.05, 0.1) is 10.2 Å². The predicted octanol–water partition coefficient (Wildman–Crippen LogP) is 4.55. The van der Waals surface area contributed by atoms with Gasteiger partial charge in [0.2, 0.25) is 5.91 Å². The summed E-state index contributed by atoms with van der Waals surface area (Å²) in [5, 5.41) is 22.9. The molecule has 10 heteroatoms. The van der Waals surface area contributed by atoms with E-state index < -0.39 is 4.92 Å².